The lowest BCUT2D eigenvalue weighted by Crippen LogP contribution is -2.28. The number of phenolic OH excluding ortho intramolecular Hbond substituents is 2. The van der Waals surface area contributed by atoms with Gasteiger partial charge in [-0.15, -0.1) is 0 Å². The first-order valence-electron chi connectivity index (χ1n) is 9.41. The summed E-state index contributed by atoms with van der Waals surface area (Å²) in [4.78, 5) is 13.1. The third-order valence-electron chi connectivity index (χ3n) is 5.55. The van der Waals surface area contributed by atoms with Crippen LogP contribution >= 0.6 is 0 Å². The Morgan fingerprint density at radius 3 is 2.32 bits per heavy atom. The molecule has 3 N–H and O–H groups in total. The lowest BCUT2D eigenvalue weighted by Gasteiger charge is -2.18. The number of hydrogen-bond donors (Lipinski definition) is 3. The van der Waals surface area contributed by atoms with E-state index in [1.165, 1.54) is 17.7 Å². The molecule has 1 saturated carbocycles. The lowest BCUT2D eigenvalue weighted by atomic mass is 9.94. The van der Waals surface area contributed by atoms with Gasteiger partial charge < -0.3 is 15.5 Å². The average Bonchev–Trinajstić information content (AvgIpc) is 3.48. The van der Waals surface area contributed by atoms with E-state index < -0.39 is 5.41 Å². The molecule has 4 nitrogen and oxygen atoms in total. The Labute approximate surface area is 164 Å². The molecule has 0 unspecified atom stereocenters. The van der Waals surface area contributed by atoms with Gasteiger partial charge in [0.25, 0.3) is 0 Å². The van der Waals surface area contributed by atoms with Crippen LogP contribution in [0.25, 0.3) is 11.1 Å². The molecule has 4 rings (SSSR count). The van der Waals surface area contributed by atoms with Crippen molar-refractivity contribution < 1.29 is 15.0 Å². The van der Waals surface area contributed by atoms with Gasteiger partial charge in [-0.3, -0.25) is 4.79 Å². The van der Waals surface area contributed by atoms with Crippen LogP contribution in [0.3, 0.4) is 0 Å². The molecular formula is C24H23NO3. The maximum atomic E-state index is 13.1. The topological polar surface area (TPSA) is 69.6 Å². The Hall–Kier alpha value is -3.27. The van der Waals surface area contributed by atoms with E-state index >= 15 is 0 Å². The molecule has 1 amide bonds. The molecule has 1 aliphatic carbocycles. The zero-order chi connectivity index (χ0) is 19.9. The molecule has 3 aromatic carbocycles. The summed E-state index contributed by atoms with van der Waals surface area (Å²) in [6, 6.07) is 19.0. The van der Waals surface area contributed by atoms with Crippen LogP contribution < -0.4 is 5.32 Å². The minimum Gasteiger partial charge on any atom is -0.504 e. The van der Waals surface area contributed by atoms with Crippen LogP contribution in [0, 0.1) is 13.8 Å². The summed E-state index contributed by atoms with van der Waals surface area (Å²) in [5.74, 6) is -0.460. The molecule has 4 heteroatoms. The number of benzene rings is 3. The van der Waals surface area contributed by atoms with E-state index in [2.05, 4.69) is 36.5 Å². The molecule has 0 atom stereocenters. The number of carbonyl (C=O) groups is 1. The SMILES string of the molecule is Cc1cccc(-c2ccc(C)c(NC(=O)C3(c4ccc(O)c(O)c4)CC3)c2)c1. The van der Waals surface area contributed by atoms with Crippen molar-refractivity contribution in [1.29, 1.82) is 0 Å². The normalized spacial score (nSPS) is 14.5. The summed E-state index contributed by atoms with van der Waals surface area (Å²) in [5.41, 5.74) is 5.22. The highest BCUT2D eigenvalue weighted by Gasteiger charge is 2.51. The average molecular weight is 373 g/mol. The smallest absolute Gasteiger partial charge is 0.235 e. The molecular weight excluding hydrogens is 350 g/mol. The number of aryl methyl sites for hydroxylation is 2. The van der Waals surface area contributed by atoms with Crippen molar-refractivity contribution in [1.82, 2.24) is 0 Å². The fraction of sp³-hybridized carbons (Fsp3) is 0.208. The van der Waals surface area contributed by atoms with E-state index in [1.54, 1.807) is 6.07 Å². The van der Waals surface area contributed by atoms with Crippen molar-refractivity contribution in [2.45, 2.75) is 32.1 Å². The highest BCUT2D eigenvalue weighted by atomic mass is 16.3. The van der Waals surface area contributed by atoms with Gasteiger partial charge in [0, 0.05) is 5.69 Å². The van der Waals surface area contributed by atoms with E-state index in [9.17, 15) is 15.0 Å². The van der Waals surface area contributed by atoms with E-state index in [4.69, 9.17) is 0 Å². The van der Waals surface area contributed by atoms with Crippen LogP contribution in [0.15, 0.2) is 60.7 Å². The minimum atomic E-state index is -0.642. The van der Waals surface area contributed by atoms with Gasteiger partial charge in [-0.25, -0.2) is 0 Å². The molecule has 142 valence electrons. The molecule has 1 aliphatic rings. The highest BCUT2D eigenvalue weighted by Crippen LogP contribution is 2.50. The zero-order valence-corrected chi connectivity index (χ0v) is 16.0. The van der Waals surface area contributed by atoms with Crippen molar-refractivity contribution in [2.24, 2.45) is 0 Å². The number of anilines is 1. The van der Waals surface area contributed by atoms with Gasteiger partial charge >= 0.3 is 0 Å². The lowest BCUT2D eigenvalue weighted by molar-refractivity contribution is -0.118. The van der Waals surface area contributed by atoms with Crippen LogP contribution in [0.5, 0.6) is 11.5 Å². The van der Waals surface area contributed by atoms with E-state index in [1.807, 2.05) is 25.1 Å². The molecule has 0 heterocycles. The van der Waals surface area contributed by atoms with Gasteiger partial charge in [-0.2, -0.15) is 0 Å². The Morgan fingerprint density at radius 2 is 1.64 bits per heavy atom. The predicted molar refractivity (Wildman–Crippen MR) is 111 cm³/mol. The molecule has 0 aliphatic heterocycles. The Bertz CT molecular complexity index is 1070. The number of amides is 1. The maximum Gasteiger partial charge on any atom is 0.235 e. The third kappa shape index (κ3) is 3.22. The Kier molecular flexibility index (Phi) is 4.34. The van der Waals surface area contributed by atoms with Crippen LogP contribution in [0.4, 0.5) is 5.69 Å². The molecule has 1 fully saturated rings. The van der Waals surface area contributed by atoms with Crippen LogP contribution in [-0.4, -0.2) is 16.1 Å². The summed E-state index contributed by atoms with van der Waals surface area (Å²) in [5, 5.41) is 22.4. The summed E-state index contributed by atoms with van der Waals surface area (Å²) in [6.45, 7) is 4.03. The second-order valence-electron chi connectivity index (χ2n) is 7.64. The first kappa shape index (κ1) is 18.1. The van der Waals surface area contributed by atoms with E-state index in [0.717, 1.165) is 40.8 Å². The predicted octanol–water partition coefficient (Wildman–Crippen LogP) is 5.05. The molecule has 0 saturated heterocycles. The summed E-state index contributed by atoms with van der Waals surface area (Å²) < 4.78 is 0. The van der Waals surface area contributed by atoms with Gasteiger partial charge in [-0.1, -0.05) is 48.0 Å². The molecule has 28 heavy (non-hydrogen) atoms. The van der Waals surface area contributed by atoms with Gasteiger partial charge in [0.15, 0.2) is 11.5 Å². The first-order chi connectivity index (χ1) is 13.4. The monoisotopic (exact) mass is 373 g/mol. The van der Waals surface area contributed by atoms with Crippen molar-refractivity contribution in [3.8, 4) is 22.6 Å². The minimum absolute atomic E-state index is 0.0814. The van der Waals surface area contributed by atoms with Crippen molar-refractivity contribution >= 4 is 11.6 Å². The van der Waals surface area contributed by atoms with Crippen molar-refractivity contribution in [3.05, 3.63) is 77.4 Å². The highest BCUT2D eigenvalue weighted by molar-refractivity contribution is 6.02. The first-order valence-corrected chi connectivity index (χ1v) is 9.41. The molecule has 0 aromatic heterocycles. The number of carbonyl (C=O) groups excluding carboxylic acids is 1. The Balaban J connectivity index is 1.63. The van der Waals surface area contributed by atoms with E-state index in [-0.39, 0.29) is 17.4 Å². The fourth-order valence-electron chi connectivity index (χ4n) is 3.60. The standard InChI is InChI=1S/C24H23NO3/c1-15-4-3-5-17(12-15)18-7-6-16(2)20(13-18)25-23(28)24(10-11-24)19-8-9-21(26)22(27)14-19/h3-9,12-14,26-27H,10-11H2,1-2H3,(H,25,28). The summed E-state index contributed by atoms with van der Waals surface area (Å²) in [7, 11) is 0. The summed E-state index contributed by atoms with van der Waals surface area (Å²) >= 11 is 0. The van der Waals surface area contributed by atoms with Crippen molar-refractivity contribution in [2.75, 3.05) is 5.32 Å². The van der Waals surface area contributed by atoms with Gasteiger partial charge in [0.2, 0.25) is 5.91 Å². The second-order valence-corrected chi connectivity index (χ2v) is 7.64. The number of aromatic hydroxyl groups is 2. The maximum absolute atomic E-state index is 13.1. The quantitative estimate of drug-likeness (QED) is 0.560. The molecule has 0 radical (unpaired) electrons. The Morgan fingerprint density at radius 1 is 0.893 bits per heavy atom. The van der Waals surface area contributed by atoms with Gasteiger partial charge in [0.1, 0.15) is 0 Å². The van der Waals surface area contributed by atoms with Gasteiger partial charge in [0.05, 0.1) is 5.41 Å². The molecule has 3 aromatic rings. The van der Waals surface area contributed by atoms with Crippen LogP contribution in [0.2, 0.25) is 0 Å². The number of phenols is 2. The zero-order valence-electron chi connectivity index (χ0n) is 16.0. The second kappa shape index (κ2) is 6.71. The number of rotatable bonds is 4. The van der Waals surface area contributed by atoms with E-state index in [0.29, 0.717) is 0 Å². The third-order valence-corrected chi connectivity index (χ3v) is 5.55. The molecule has 0 bridgehead atoms. The number of hydrogen-bond acceptors (Lipinski definition) is 3. The summed E-state index contributed by atoms with van der Waals surface area (Å²) in [6.07, 6.45) is 1.44. The van der Waals surface area contributed by atoms with Gasteiger partial charge in [-0.05, 0) is 67.1 Å². The van der Waals surface area contributed by atoms with Crippen LogP contribution in [0.1, 0.15) is 29.5 Å². The van der Waals surface area contributed by atoms with Crippen molar-refractivity contribution in [3.63, 3.8) is 0 Å². The molecule has 0 spiro atoms. The fourth-order valence-corrected chi connectivity index (χ4v) is 3.60. The number of nitrogens with one attached hydrogen (secondary N) is 1. The van der Waals surface area contributed by atoms with Crippen LogP contribution in [-0.2, 0) is 10.2 Å². The largest absolute Gasteiger partial charge is 0.504 e.